The van der Waals surface area contributed by atoms with E-state index in [2.05, 4.69) is 27.5 Å². The fourth-order valence-corrected chi connectivity index (χ4v) is 2.11. The first-order valence-corrected chi connectivity index (χ1v) is 6.64. The quantitative estimate of drug-likeness (QED) is 0.778. The van der Waals surface area contributed by atoms with E-state index in [4.69, 9.17) is 4.74 Å². The summed E-state index contributed by atoms with van der Waals surface area (Å²) in [6.07, 6.45) is 5.50. The molecular formula is C13H22N4O. The number of methoxy groups -OCH3 is 1. The molecule has 5 heteroatoms. The highest BCUT2D eigenvalue weighted by Crippen LogP contribution is 2.35. The molecule has 0 spiro atoms. The minimum atomic E-state index is 0.413. The smallest absolute Gasteiger partial charge is 0.204 e. The van der Waals surface area contributed by atoms with E-state index in [1.54, 1.807) is 13.4 Å². The van der Waals surface area contributed by atoms with Crippen molar-refractivity contribution in [3.8, 4) is 5.75 Å². The summed E-state index contributed by atoms with van der Waals surface area (Å²) < 4.78 is 5.40. The summed E-state index contributed by atoms with van der Waals surface area (Å²) in [4.78, 5) is 8.47. The molecule has 100 valence electrons. The molecule has 1 fully saturated rings. The average molecular weight is 250 g/mol. The van der Waals surface area contributed by atoms with E-state index in [9.17, 15) is 0 Å². The van der Waals surface area contributed by atoms with Crippen LogP contribution in [0.15, 0.2) is 6.33 Å². The fourth-order valence-electron chi connectivity index (χ4n) is 2.11. The van der Waals surface area contributed by atoms with E-state index in [-0.39, 0.29) is 0 Å². The second-order valence-corrected chi connectivity index (χ2v) is 4.86. The Kier molecular flexibility index (Phi) is 4.23. The van der Waals surface area contributed by atoms with Crippen LogP contribution in [-0.2, 0) is 0 Å². The molecule has 1 aromatic rings. The summed E-state index contributed by atoms with van der Waals surface area (Å²) >= 11 is 0. The summed E-state index contributed by atoms with van der Waals surface area (Å²) in [6, 6.07) is 0.413. The Hall–Kier alpha value is -1.52. The first-order chi connectivity index (χ1) is 8.74. The summed E-state index contributed by atoms with van der Waals surface area (Å²) in [5.74, 6) is 3.11. The first-order valence-electron chi connectivity index (χ1n) is 6.64. The van der Waals surface area contributed by atoms with Gasteiger partial charge in [0.15, 0.2) is 11.6 Å². The van der Waals surface area contributed by atoms with Crippen LogP contribution in [0.1, 0.15) is 33.1 Å². The summed E-state index contributed by atoms with van der Waals surface area (Å²) in [5.41, 5.74) is 0. The molecule has 0 saturated heterocycles. The van der Waals surface area contributed by atoms with Crippen LogP contribution in [0.5, 0.6) is 5.75 Å². The normalized spacial score (nSPS) is 16.2. The molecule has 2 rings (SSSR count). The van der Waals surface area contributed by atoms with Crippen LogP contribution in [0, 0.1) is 5.92 Å². The molecule has 2 N–H and O–H groups in total. The molecule has 5 nitrogen and oxygen atoms in total. The van der Waals surface area contributed by atoms with Gasteiger partial charge in [0, 0.05) is 12.6 Å². The van der Waals surface area contributed by atoms with Crippen molar-refractivity contribution in [1.29, 1.82) is 0 Å². The van der Waals surface area contributed by atoms with Gasteiger partial charge in [-0.25, -0.2) is 9.97 Å². The highest BCUT2D eigenvalue weighted by atomic mass is 16.5. The van der Waals surface area contributed by atoms with Gasteiger partial charge in [0.1, 0.15) is 6.33 Å². The van der Waals surface area contributed by atoms with Crippen molar-refractivity contribution in [2.24, 2.45) is 5.92 Å². The van der Waals surface area contributed by atoms with E-state index >= 15 is 0 Å². The van der Waals surface area contributed by atoms with Gasteiger partial charge in [-0.05, 0) is 26.2 Å². The van der Waals surface area contributed by atoms with Crippen molar-refractivity contribution in [2.75, 3.05) is 24.3 Å². The molecule has 1 aromatic heterocycles. The topological polar surface area (TPSA) is 59.1 Å². The lowest BCUT2D eigenvalue weighted by Gasteiger charge is -2.17. The van der Waals surface area contributed by atoms with Gasteiger partial charge in [-0.3, -0.25) is 0 Å². The van der Waals surface area contributed by atoms with Crippen molar-refractivity contribution < 1.29 is 4.74 Å². The Morgan fingerprint density at radius 3 is 2.72 bits per heavy atom. The molecule has 0 bridgehead atoms. The van der Waals surface area contributed by atoms with Crippen molar-refractivity contribution in [2.45, 2.75) is 39.2 Å². The zero-order valence-corrected chi connectivity index (χ0v) is 11.4. The third-order valence-corrected chi connectivity index (χ3v) is 3.12. The molecule has 1 atom stereocenters. The predicted octanol–water partition coefficient (Wildman–Crippen LogP) is 2.52. The predicted molar refractivity (Wildman–Crippen MR) is 73.2 cm³/mol. The number of nitrogens with zero attached hydrogens (tertiary/aromatic N) is 2. The van der Waals surface area contributed by atoms with Gasteiger partial charge in [-0.2, -0.15) is 0 Å². The SMILES string of the molecule is CCNc1ncnc(NC(C)CC2CC2)c1OC. The Morgan fingerprint density at radius 2 is 2.11 bits per heavy atom. The van der Waals surface area contributed by atoms with Crippen LogP contribution in [-0.4, -0.2) is 29.7 Å². The Labute approximate surface area is 108 Å². The summed E-state index contributed by atoms with van der Waals surface area (Å²) in [6.45, 7) is 5.03. The summed E-state index contributed by atoms with van der Waals surface area (Å²) in [5, 5.41) is 6.59. The van der Waals surface area contributed by atoms with Crippen molar-refractivity contribution in [3.63, 3.8) is 0 Å². The number of nitrogens with one attached hydrogen (secondary N) is 2. The number of rotatable bonds is 7. The van der Waals surface area contributed by atoms with Crippen LogP contribution < -0.4 is 15.4 Å². The number of hydrogen-bond donors (Lipinski definition) is 2. The maximum atomic E-state index is 5.40. The highest BCUT2D eigenvalue weighted by molar-refractivity contribution is 5.63. The largest absolute Gasteiger partial charge is 0.490 e. The maximum absolute atomic E-state index is 5.40. The zero-order valence-electron chi connectivity index (χ0n) is 11.4. The average Bonchev–Trinajstić information content (AvgIpc) is 3.13. The number of anilines is 2. The van der Waals surface area contributed by atoms with Gasteiger partial charge in [0.25, 0.3) is 0 Å². The van der Waals surface area contributed by atoms with Crippen molar-refractivity contribution in [1.82, 2.24) is 9.97 Å². The Morgan fingerprint density at radius 1 is 1.39 bits per heavy atom. The van der Waals surface area contributed by atoms with E-state index in [1.807, 2.05) is 6.92 Å². The lowest BCUT2D eigenvalue weighted by atomic mass is 10.1. The molecule has 1 saturated carbocycles. The standard InChI is InChI=1S/C13H22N4O/c1-4-14-12-11(18-3)13(16-8-15-12)17-9(2)7-10-5-6-10/h8-10H,4-7H2,1-3H3,(H2,14,15,16,17). The van der Waals surface area contributed by atoms with Crippen molar-refractivity contribution >= 4 is 11.6 Å². The van der Waals surface area contributed by atoms with E-state index in [0.29, 0.717) is 11.8 Å². The molecule has 0 aromatic carbocycles. The highest BCUT2D eigenvalue weighted by Gasteiger charge is 2.24. The molecule has 1 aliphatic carbocycles. The second-order valence-electron chi connectivity index (χ2n) is 4.86. The van der Waals surface area contributed by atoms with Gasteiger partial charge in [0.05, 0.1) is 7.11 Å². The number of hydrogen-bond acceptors (Lipinski definition) is 5. The molecule has 1 unspecified atom stereocenters. The van der Waals surface area contributed by atoms with Gasteiger partial charge < -0.3 is 15.4 Å². The minimum absolute atomic E-state index is 0.413. The molecule has 0 radical (unpaired) electrons. The van der Waals surface area contributed by atoms with Gasteiger partial charge >= 0.3 is 0 Å². The summed E-state index contributed by atoms with van der Waals surface area (Å²) in [7, 11) is 1.65. The third kappa shape index (κ3) is 3.24. The monoisotopic (exact) mass is 250 g/mol. The lowest BCUT2D eigenvalue weighted by molar-refractivity contribution is 0.414. The maximum Gasteiger partial charge on any atom is 0.204 e. The molecule has 0 amide bonds. The lowest BCUT2D eigenvalue weighted by Crippen LogP contribution is -2.18. The molecular weight excluding hydrogens is 228 g/mol. The second kappa shape index (κ2) is 5.89. The molecule has 0 aliphatic heterocycles. The minimum Gasteiger partial charge on any atom is -0.490 e. The molecule has 1 aliphatic rings. The van der Waals surface area contributed by atoms with Crippen LogP contribution in [0.3, 0.4) is 0 Å². The van der Waals surface area contributed by atoms with Gasteiger partial charge in [0.2, 0.25) is 5.75 Å². The number of aromatic nitrogens is 2. The van der Waals surface area contributed by atoms with E-state index in [1.165, 1.54) is 19.3 Å². The van der Waals surface area contributed by atoms with Gasteiger partial charge in [-0.15, -0.1) is 0 Å². The van der Waals surface area contributed by atoms with Crippen molar-refractivity contribution in [3.05, 3.63) is 6.33 Å². The fraction of sp³-hybridized carbons (Fsp3) is 0.692. The van der Waals surface area contributed by atoms with Crippen LogP contribution in [0.25, 0.3) is 0 Å². The van der Waals surface area contributed by atoms with E-state index < -0.39 is 0 Å². The van der Waals surface area contributed by atoms with Crippen LogP contribution in [0.4, 0.5) is 11.6 Å². The third-order valence-electron chi connectivity index (χ3n) is 3.12. The Bertz CT molecular complexity index is 393. The van der Waals surface area contributed by atoms with E-state index in [0.717, 1.165) is 24.1 Å². The Balaban J connectivity index is 2.07. The molecule has 18 heavy (non-hydrogen) atoms. The molecule has 1 heterocycles. The first kappa shape index (κ1) is 12.9. The zero-order chi connectivity index (χ0) is 13.0. The van der Waals surface area contributed by atoms with Crippen LogP contribution in [0.2, 0.25) is 0 Å². The number of ether oxygens (including phenoxy) is 1. The van der Waals surface area contributed by atoms with Gasteiger partial charge in [-0.1, -0.05) is 12.8 Å². The van der Waals surface area contributed by atoms with Crippen LogP contribution >= 0.6 is 0 Å².